The number of carbonyl (C=O) groups excluding carboxylic acids is 1. The molecule has 1 heterocycles. The lowest BCUT2D eigenvalue weighted by Crippen LogP contribution is -2.11. The van der Waals surface area contributed by atoms with Crippen LogP contribution in [0.2, 0.25) is 0 Å². The number of benzene rings is 2. The summed E-state index contributed by atoms with van der Waals surface area (Å²) in [7, 11) is 0. The van der Waals surface area contributed by atoms with Crippen LogP contribution in [0.4, 0.5) is 0 Å². The minimum Gasteiger partial charge on any atom is -0.508 e. The molecule has 0 spiro atoms. The Bertz CT molecular complexity index is 1130. The third kappa shape index (κ3) is 5.11. The summed E-state index contributed by atoms with van der Waals surface area (Å²) in [4.78, 5) is 12.5. The number of carbonyl (C=O) groups is 1. The normalized spacial score (nSPS) is 10.6. The van der Waals surface area contributed by atoms with E-state index in [2.05, 4.69) is 0 Å². The number of amidine groups is 2. The third-order valence-electron chi connectivity index (χ3n) is 4.86. The molecule has 160 valence electrons. The average molecular weight is 419 g/mol. The van der Waals surface area contributed by atoms with Gasteiger partial charge in [-0.2, -0.15) is 0 Å². The number of aromatic nitrogens is 1. The molecule has 2 aromatic carbocycles. The van der Waals surface area contributed by atoms with Crippen molar-refractivity contribution >= 4 is 17.6 Å². The van der Waals surface area contributed by atoms with Gasteiger partial charge >= 0.3 is 5.97 Å². The standard InChI is InChI=1S/C23H25N5O3/c1-2-31-23(30)19-13-28(12-18-10-16(22(26)27)7-8-20(18)29)11-17(19)9-14-3-5-15(6-4-14)21(24)25/h3-8,10-11,13,29H,2,9,12H2,1H3,(H3,24,25)(H3,26,27). The van der Waals surface area contributed by atoms with E-state index in [4.69, 9.17) is 27.0 Å². The van der Waals surface area contributed by atoms with Crippen LogP contribution in [0.25, 0.3) is 0 Å². The summed E-state index contributed by atoms with van der Waals surface area (Å²) in [6.07, 6.45) is 4.01. The van der Waals surface area contributed by atoms with Gasteiger partial charge in [0.15, 0.2) is 0 Å². The summed E-state index contributed by atoms with van der Waals surface area (Å²) in [6.45, 7) is 2.31. The third-order valence-corrected chi connectivity index (χ3v) is 4.86. The molecule has 0 unspecified atom stereocenters. The van der Waals surface area contributed by atoms with Crippen LogP contribution in [-0.4, -0.2) is 33.9 Å². The second kappa shape index (κ2) is 9.17. The SMILES string of the molecule is CCOC(=O)c1cn(Cc2cc(C(=N)N)ccc2O)cc1Cc1ccc(C(=N)N)cc1. The molecule has 0 atom stereocenters. The van der Waals surface area contributed by atoms with E-state index in [-0.39, 0.29) is 24.0 Å². The number of esters is 1. The molecule has 31 heavy (non-hydrogen) atoms. The summed E-state index contributed by atoms with van der Waals surface area (Å²) >= 11 is 0. The van der Waals surface area contributed by atoms with Crippen LogP contribution in [0, 0.1) is 10.8 Å². The van der Waals surface area contributed by atoms with Crippen LogP contribution in [0.5, 0.6) is 5.75 Å². The van der Waals surface area contributed by atoms with Crippen LogP contribution in [0.1, 0.15) is 45.1 Å². The Morgan fingerprint density at radius 3 is 2.26 bits per heavy atom. The van der Waals surface area contributed by atoms with Crippen molar-refractivity contribution in [3.8, 4) is 5.75 Å². The molecular weight excluding hydrogens is 394 g/mol. The maximum Gasteiger partial charge on any atom is 0.339 e. The Labute approximate surface area is 180 Å². The Morgan fingerprint density at radius 2 is 1.65 bits per heavy atom. The fourth-order valence-corrected chi connectivity index (χ4v) is 3.28. The van der Waals surface area contributed by atoms with Gasteiger partial charge in [-0.1, -0.05) is 24.3 Å². The van der Waals surface area contributed by atoms with Crippen molar-refractivity contribution in [2.75, 3.05) is 6.61 Å². The highest BCUT2D eigenvalue weighted by atomic mass is 16.5. The van der Waals surface area contributed by atoms with Gasteiger partial charge in [0.25, 0.3) is 0 Å². The quantitative estimate of drug-likeness (QED) is 0.216. The summed E-state index contributed by atoms with van der Waals surface area (Å²) in [5.41, 5.74) is 15.0. The Kier molecular flexibility index (Phi) is 6.40. The first-order valence-electron chi connectivity index (χ1n) is 9.74. The van der Waals surface area contributed by atoms with Gasteiger partial charge in [0.2, 0.25) is 0 Å². The van der Waals surface area contributed by atoms with Crippen LogP contribution in [0.3, 0.4) is 0 Å². The summed E-state index contributed by atoms with van der Waals surface area (Å²) in [5.74, 6) is -0.427. The first kappa shape index (κ1) is 21.6. The van der Waals surface area contributed by atoms with Crippen molar-refractivity contribution in [1.82, 2.24) is 4.57 Å². The Hall–Kier alpha value is -4.07. The van der Waals surface area contributed by atoms with E-state index >= 15 is 0 Å². The number of nitrogens with one attached hydrogen (secondary N) is 2. The molecule has 0 aliphatic rings. The maximum absolute atomic E-state index is 12.5. The van der Waals surface area contributed by atoms with Crippen molar-refractivity contribution in [3.63, 3.8) is 0 Å². The average Bonchev–Trinajstić information content (AvgIpc) is 3.12. The van der Waals surface area contributed by atoms with Crippen molar-refractivity contribution in [1.29, 1.82) is 10.8 Å². The molecule has 0 saturated heterocycles. The first-order valence-corrected chi connectivity index (χ1v) is 9.74. The van der Waals surface area contributed by atoms with Crippen LogP contribution in [0.15, 0.2) is 54.9 Å². The lowest BCUT2D eigenvalue weighted by Gasteiger charge is -2.08. The highest BCUT2D eigenvalue weighted by molar-refractivity contribution is 5.95. The number of ether oxygens (including phenoxy) is 1. The van der Waals surface area contributed by atoms with Crippen molar-refractivity contribution in [2.24, 2.45) is 11.5 Å². The predicted molar refractivity (Wildman–Crippen MR) is 119 cm³/mol. The molecule has 0 aliphatic carbocycles. The van der Waals surface area contributed by atoms with Gasteiger partial charge in [0.1, 0.15) is 17.4 Å². The molecule has 3 rings (SSSR count). The van der Waals surface area contributed by atoms with E-state index in [0.717, 1.165) is 11.1 Å². The summed E-state index contributed by atoms with van der Waals surface area (Å²) < 4.78 is 7.00. The summed E-state index contributed by atoms with van der Waals surface area (Å²) in [5, 5.41) is 25.3. The lowest BCUT2D eigenvalue weighted by molar-refractivity contribution is 0.0525. The Balaban J connectivity index is 1.92. The number of hydrogen-bond acceptors (Lipinski definition) is 5. The van der Waals surface area contributed by atoms with Crippen molar-refractivity contribution < 1.29 is 14.6 Å². The zero-order valence-electron chi connectivity index (χ0n) is 17.2. The molecule has 0 amide bonds. The van der Waals surface area contributed by atoms with Crippen LogP contribution >= 0.6 is 0 Å². The molecule has 3 aromatic rings. The van der Waals surface area contributed by atoms with E-state index in [1.165, 1.54) is 6.07 Å². The molecule has 0 saturated carbocycles. The topological polar surface area (TPSA) is 151 Å². The van der Waals surface area contributed by atoms with Gasteiger partial charge in [0.05, 0.1) is 18.7 Å². The molecule has 8 nitrogen and oxygen atoms in total. The number of phenolic OH excluding ortho intramolecular Hbond substituents is 1. The fraction of sp³-hybridized carbons (Fsp3) is 0.174. The number of nitrogens with zero attached hydrogens (tertiary/aromatic N) is 1. The monoisotopic (exact) mass is 419 g/mol. The van der Waals surface area contributed by atoms with E-state index in [1.807, 2.05) is 18.3 Å². The zero-order valence-corrected chi connectivity index (χ0v) is 17.2. The van der Waals surface area contributed by atoms with E-state index in [9.17, 15) is 9.90 Å². The van der Waals surface area contributed by atoms with Crippen molar-refractivity contribution in [3.05, 3.63) is 88.2 Å². The number of rotatable bonds is 8. The molecule has 0 aliphatic heterocycles. The highest BCUT2D eigenvalue weighted by Gasteiger charge is 2.17. The lowest BCUT2D eigenvalue weighted by atomic mass is 10.0. The number of nitrogen functional groups attached to an aromatic ring is 2. The number of nitrogens with two attached hydrogens (primary N) is 2. The number of aromatic hydroxyl groups is 1. The van der Waals surface area contributed by atoms with Gasteiger partial charge < -0.3 is 25.9 Å². The molecule has 7 N–H and O–H groups in total. The predicted octanol–water partition coefficient (Wildman–Crippen LogP) is 2.58. The molecule has 8 heteroatoms. The molecule has 0 fully saturated rings. The number of hydrogen-bond donors (Lipinski definition) is 5. The van der Waals surface area contributed by atoms with Gasteiger partial charge in [-0.3, -0.25) is 10.8 Å². The molecule has 1 aromatic heterocycles. The molecule has 0 radical (unpaired) electrons. The van der Waals surface area contributed by atoms with Crippen LogP contribution in [-0.2, 0) is 17.7 Å². The zero-order chi connectivity index (χ0) is 22.5. The molecule has 0 bridgehead atoms. The van der Waals surface area contributed by atoms with Gasteiger partial charge in [-0.15, -0.1) is 0 Å². The second-order valence-corrected chi connectivity index (χ2v) is 7.13. The summed E-state index contributed by atoms with van der Waals surface area (Å²) in [6, 6.07) is 12.0. The second-order valence-electron chi connectivity index (χ2n) is 7.13. The highest BCUT2D eigenvalue weighted by Crippen LogP contribution is 2.23. The van der Waals surface area contributed by atoms with E-state index in [1.54, 1.807) is 42.0 Å². The van der Waals surface area contributed by atoms with Gasteiger partial charge in [0, 0.05) is 29.1 Å². The van der Waals surface area contributed by atoms with Gasteiger partial charge in [-0.25, -0.2) is 4.79 Å². The Morgan fingerprint density at radius 1 is 1.00 bits per heavy atom. The van der Waals surface area contributed by atoms with Crippen molar-refractivity contribution in [2.45, 2.75) is 19.9 Å². The number of phenols is 1. The van der Waals surface area contributed by atoms with E-state index < -0.39 is 5.97 Å². The molecular formula is C23H25N5O3. The fourth-order valence-electron chi connectivity index (χ4n) is 3.28. The van der Waals surface area contributed by atoms with E-state index in [0.29, 0.717) is 35.2 Å². The smallest absolute Gasteiger partial charge is 0.339 e. The van der Waals surface area contributed by atoms with Gasteiger partial charge in [-0.05, 0) is 42.7 Å². The first-order chi connectivity index (χ1) is 14.8. The largest absolute Gasteiger partial charge is 0.508 e. The van der Waals surface area contributed by atoms with Crippen LogP contribution < -0.4 is 11.5 Å². The maximum atomic E-state index is 12.5. The minimum atomic E-state index is -0.418. The minimum absolute atomic E-state index is 0.00230.